The van der Waals surface area contributed by atoms with Gasteiger partial charge < -0.3 is 15.8 Å². The molecule has 2 fully saturated rings. The number of ether oxygens (including phenoxy) is 1. The van der Waals surface area contributed by atoms with Gasteiger partial charge in [0.1, 0.15) is 0 Å². The number of carbonyl (C=O) groups is 1. The minimum Gasteiger partial charge on any atom is -0.378 e. The first kappa shape index (κ1) is 13.8. The summed E-state index contributed by atoms with van der Waals surface area (Å²) in [6.45, 7) is 2.80. The maximum atomic E-state index is 11.9. The summed E-state index contributed by atoms with van der Waals surface area (Å²) >= 11 is 0. The lowest BCUT2D eigenvalue weighted by molar-refractivity contribution is -0.125. The summed E-state index contributed by atoms with van der Waals surface area (Å²) in [6.07, 6.45) is 7.59. The van der Waals surface area contributed by atoms with E-state index in [0.29, 0.717) is 18.4 Å². The molecule has 2 rings (SSSR count). The number of rotatable bonds is 5. The largest absolute Gasteiger partial charge is 0.378 e. The van der Waals surface area contributed by atoms with Gasteiger partial charge in [-0.15, -0.1) is 0 Å². The molecule has 0 aromatic rings. The molecule has 2 saturated carbocycles. The van der Waals surface area contributed by atoms with Gasteiger partial charge in [-0.2, -0.15) is 0 Å². The summed E-state index contributed by atoms with van der Waals surface area (Å²) in [6, 6.07) is 0.356. The molecular formula is C14H26N2O2. The Balaban J connectivity index is 1.63. The number of nitrogens with one attached hydrogen (secondary N) is 1. The van der Waals surface area contributed by atoms with Gasteiger partial charge in [0.05, 0.1) is 6.10 Å². The van der Waals surface area contributed by atoms with Gasteiger partial charge in [-0.05, 0) is 38.5 Å². The van der Waals surface area contributed by atoms with E-state index in [1.807, 2.05) is 6.92 Å². The quantitative estimate of drug-likeness (QED) is 0.783. The molecule has 0 aromatic carbocycles. The fraction of sp³-hybridized carbons (Fsp3) is 0.929. The van der Waals surface area contributed by atoms with Crippen LogP contribution in [-0.2, 0) is 9.53 Å². The first-order chi connectivity index (χ1) is 8.69. The fourth-order valence-corrected chi connectivity index (χ4v) is 3.08. The Morgan fingerprint density at radius 2 is 2.06 bits per heavy atom. The Hall–Kier alpha value is -0.610. The van der Waals surface area contributed by atoms with Crippen LogP contribution in [0.5, 0.6) is 0 Å². The number of hydrogen-bond acceptors (Lipinski definition) is 3. The molecule has 0 radical (unpaired) electrons. The highest BCUT2D eigenvalue weighted by Gasteiger charge is 2.32. The molecule has 0 aliphatic heterocycles. The molecule has 2 atom stereocenters. The lowest BCUT2D eigenvalue weighted by Crippen LogP contribution is -2.50. The molecule has 0 spiro atoms. The van der Waals surface area contributed by atoms with Crippen LogP contribution in [0.25, 0.3) is 0 Å². The van der Waals surface area contributed by atoms with Gasteiger partial charge in [-0.25, -0.2) is 0 Å². The Kier molecular flexibility index (Phi) is 5.01. The normalized spacial score (nSPS) is 35.9. The molecule has 0 aromatic heterocycles. The van der Waals surface area contributed by atoms with E-state index in [1.165, 1.54) is 12.8 Å². The smallest absolute Gasteiger partial charge is 0.220 e. The van der Waals surface area contributed by atoms with E-state index in [0.717, 1.165) is 32.3 Å². The van der Waals surface area contributed by atoms with Crippen LogP contribution in [0.3, 0.4) is 0 Å². The zero-order valence-electron chi connectivity index (χ0n) is 11.4. The molecule has 2 aliphatic rings. The topological polar surface area (TPSA) is 64.3 Å². The molecule has 4 nitrogen and oxygen atoms in total. The molecule has 0 bridgehead atoms. The maximum absolute atomic E-state index is 11.9. The van der Waals surface area contributed by atoms with Gasteiger partial charge in [-0.3, -0.25) is 4.79 Å². The Morgan fingerprint density at radius 1 is 1.33 bits per heavy atom. The van der Waals surface area contributed by atoms with Crippen molar-refractivity contribution in [3.8, 4) is 0 Å². The third kappa shape index (κ3) is 3.69. The molecule has 2 unspecified atom stereocenters. The van der Waals surface area contributed by atoms with E-state index >= 15 is 0 Å². The molecular weight excluding hydrogens is 228 g/mol. The van der Waals surface area contributed by atoms with Crippen molar-refractivity contribution in [2.45, 2.75) is 70.1 Å². The van der Waals surface area contributed by atoms with Gasteiger partial charge in [0.15, 0.2) is 0 Å². The molecule has 1 amide bonds. The predicted molar refractivity (Wildman–Crippen MR) is 71.1 cm³/mol. The van der Waals surface area contributed by atoms with E-state index < -0.39 is 0 Å². The summed E-state index contributed by atoms with van der Waals surface area (Å²) in [4.78, 5) is 11.9. The lowest BCUT2D eigenvalue weighted by atomic mass is 9.79. The SMILES string of the molecule is CCOC1CC(CC(=O)NC2CCCCC2N)C1. The second-order valence-corrected chi connectivity index (χ2v) is 5.74. The second kappa shape index (κ2) is 6.53. The van der Waals surface area contributed by atoms with Crippen molar-refractivity contribution in [1.29, 1.82) is 0 Å². The van der Waals surface area contributed by atoms with Crippen molar-refractivity contribution >= 4 is 5.91 Å². The van der Waals surface area contributed by atoms with Crippen molar-refractivity contribution in [3.63, 3.8) is 0 Å². The van der Waals surface area contributed by atoms with Crippen molar-refractivity contribution in [2.75, 3.05) is 6.61 Å². The Morgan fingerprint density at radius 3 is 2.72 bits per heavy atom. The lowest BCUT2D eigenvalue weighted by Gasteiger charge is -2.35. The zero-order valence-corrected chi connectivity index (χ0v) is 11.4. The standard InChI is InChI=1S/C14H26N2O2/c1-2-18-11-7-10(8-11)9-14(17)16-13-6-4-3-5-12(13)15/h10-13H,2-9,15H2,1H3,(H,16,17). The third-order valence-electron chi connectivity index (χ3n) is 4.23. The average Bonchev–Trinajstić information content (AvgIpc) is 2.29. The summed E-state index contributed by atoms with van der Waals surface area (Å²) < 4.78 is 5.50. The Labute approximate surface area is 110 Å². The van der Waals surface area contributed by atoms with Crippen LogP contribution in [0.15, 0.2) is 0 Å². The number of amides is 1. The minimum absolute atomic E-state index is 0.153. The molecule has 0 saturated heterocycles. The summed E-state index contributed by atoms with van der Waals surface area (Å²) in [7, 11) is 0. The molecule has 18 heavy (non-hydrogen) atoms. The monoisotopic (exact) mass is 254 g/mol. The molecule has 3 N–H and O–H groups in total. The van der Waals surface area contributed by atoms with Gasteiger partial charge in [0.2, 0.25) is 5.91 Å². The summed E-state index contributed by atoms with van der Waals surface area (Å²) in [5, 5.41) is 3.11. The molecule has 104 valence electrons. The maximum Gasteiger partial charge on any atom is 0.220 e. The molecule has 4 heteroatoms. The van der Waals surface area contributed by atoms with Gasteiger partial charge in [0.25, 0.3) is 0 Å². The highest BCUT2D eigenvalue weighted by molar-refractivity contribution is 5.76. The van der Waals surface area contributed by atoms with Crippen LogP contribution in [-0.4, -0.2) is 30.7 Å². The third-order valence-corrected chi connectivity index (χ3v) is 4.23. The van der Waals surface area contributed by atoms with Crippen LogP contribution in [0.4, 0.5) is 0 Å². The van der Waals surface area contributed by atoms with Crippen molar-refractivity contribution < 1.29 is 9.53 Å². The summed E-state index contributed by atoms with van der Waals surface area (Å²) in [5.41, 5.74) is 6.03. The number of carbonyl (C=O) groups excluding carboxylic acids is 1. The second-order valence-electron chi connectivity index (χ2n) is 5.74. The summed E-state index contributed by atoms with van der Waals surface area (Å²) in [5.74, 6) is 0.693. The highest BCUT2D eigenvalue weighted by Crippen LogP contribution is 2.32. The number of hydrogen-bond donors (Lipinski definition) is 2. The van der Waals surface area contributed by atoms with E-state index in [-0.39, 0.29) is 18.0 Å². The van der Waals surface area contributed by atoms with Crippen molar-refractivity contribution in [1.82, 2.24) is 5.32 Å². The number of nitrogens with two attached hydrogens (primary N) is 1. The zero-order chi connectivity index (χ0) is 13.0. The predicted octanol–water partition coefficient (Wildman–Crippen LogP) is 1.58. The van der Waals surface area contributed by atoms with Gasteiger partial charge in [-0.1, -0.05) is 12.8 Å². The van der Waals surface area contributed by atoms with Gasteiger partial charge >= 0.3 is 0 Å². The minimum atomic E-state index is 0.153. The fourth-order valence-electron chi connectivity index (χ4n) is 3.08. The van der Waals surface area contributed by atoms with Crippen molar-refractivity contribution in [3.05, 3.63) is 0 Å². The first-order valence-corrected chi connectivity index (χ1v) is 7.35. The van der Waals surface area contributed by atoms with Crippen LogP contribution in [0.2, 0.25) is 0 Å². The van der Waals surface area contributed by atoms with Crippen LogP contribution in [0.1, 0.15) is 51.9 Å². The van der Waals surface area contributed by atoms with E-state index in [4.69, 9.17) is 10.5 Å². The van der Waals surface area contributed by atoms with Crippen molar-refractivity contribution in [2.24, 2.45) is 11.7 Å². The molecule has 0 heterocycles. The Bertz CT molecular complexity index is 277. The average molecular weight is 254 g/mol. The van der Waals surface area contributed by atoms with Crippen LogP contribution in [0, 0.1) is 5.92 Å². The van der Waals surface area contributed by atoms with Crippen LogP contribution >= 0.6 is 0 Å². The van der Waals surface area contributed by atoms with E-state index in [2.05, 4.69) is 5.32 Å². The van der Waals surface area contributed by atoms with Gasteiger partial charge in [0, 0.05) is 25.1 Å². The highest BCUT2D eigenvalue weighted by atomic mass is 16.5. The first-order valence-electron chi connectivity index (χ1n) is 7.35. The van der Waals surface area contributed by atoms with Crippen LogP contribution < -0.4 is 11.1 Å². The molecule has 2 aliphatic carbocycles. The van der Waals surface area contributed by atoms with E-state index in [9.17, 15) is 4.79 Å². The van der Waals surface area contributed by atoms with E-state index in [1.54, 1.807) is 0 Å².